The lowest BCUT2D eigenvalue weighted by Gasteiger charge is -2.32. The first-order chi connectivity index (χ1) is 8.51. The summed E-state index contributed by atoms with van der Waals surface area (Å²) in [4.78, 5) is 12.2. The SMILES string of the molecule is CC1(C(=O)Nc2ccc(N)c(F)c2)CCCCC1. The molecule has 0 radical (unpaired) electrons. The summed E-state index contributed by atoms with van der Waals surface area (Å²) in [5.41, 5.74) is 5.64. The molecule has 4 heteroatoms. The van der Waals surface area contributed by atoms with Gasteiger partial charge in [0.15, 0.2) is 0 Å². The number of nitrogen functional groups attached to an aromatic ring is 1. The number of amides is 1. The van der Waals surface area contributed by atoms with Gasteiger partial charge in [-0.2, -0.15) is 0 Å². The Hall–Kier alpha value is -1.58. The fourth-order valence-corrected chi connectivity index (χ4v) is 2.45. The monoisotopic (exact) mass is 250 g/mol. The summed E-state index contributed by atoms with van der Waals surface area (Å²) in [5, 5.41) is 2.79. The van der Waals surface area contributed by atoms with Crippen LogP contribution in [0.15, 0.2) is 18.2 Å². The van der Waals surface area contributed by atoms with Gasteiger partial charge in [0, 0.05) is 11.1 Å². The number of carbonyl (C=O) groups is 1. The summed E-state index contributed by atoms with van der Waals surface area (Å²) in [7, 11) is 0. The van der Waals surface area contributed by atoms with Crippen molar-refractivity contribution < 1.29 is 9.18 Å². The summed E-state index contributed by atoms with van der Waals surface area (Å²) in [6.45, 7) is 1.98. The molecule has 2 rings (SSSR count). The molecule has 0 spiro atoms. The van der Waals surface area contributed by atoms with Gasteiger partial charge in [0.1, 0.15) is 5.82 Å². The molecule has 1 aliphatic rings. The summed E-state index contributed by atoms with van der Waals surface area (Å²) in [6.07, 6.45) is 5.16. The quantitative estimate of drug-likeness (QED) is 0.791. The lowest BCUT2D eigenvalue weighted by atomic mass is 9.75. The predicted octanol–water partition coefficient (Wildman–Crippen LogP) is 3.32. The molecule has 3 N–H and O–H groups in total. The number of carbonyl (C=O) groups excluding carboxylic acids is 1. The fraction of sp³-hybridized carbons (Fsp3) is 0.500. The zero-order chi connectivity index (χ0) is 13.2. The fourth-order valence-electron chi connectivity index (χ4n) is 2.45. The topological polar surface area (TPSA) is 55.1 Å². The van der Waals surface area contributed by atoms with Gasteiger partial charge in [-0.25, -0.2) is 4.39 Å². The van der Waals surface area contributed by atoms with Crippen LogP contribution in [0.2, 0.25) is 0 Å². The number of rotatable bonds is 2. The Morgan fingerprint density at radius 1 is 1.33 bits per heavy atom. The highest BCUT2D eigenvalue weighted by atomic mass is 19.1. The lowest BCUT2D eigenvalue weighted by molar-refractivity contribution is -0.126. The van der Waals surface area contributed by atoms with Crippen molar-refractivity contribution in [2.45, 2.75) is 39.0 Å². The van der Waals surface area contributed by atoms with Gasteiger partial charge in [-0.05, 0) is 31.0 Å². The molecule has 0 aliphatic heterocycles. The maximum atomic E-state index is 13.3. The van der Waals surface area contributed by atoms with Crippen LogP contribution < -0.4 is 11.1 Å². The van der Waals surface area contributed by atoms with Gasteiger partial charge < -0.3 is 11.1 Å². The molecule has 0 heterocycles. The Kier molecular flexibility index (Phi) is 3.55. The number of nitrogens with one attached hydrogen (secondary N) is 1. The summed E-state index contributed by atoms with van der Waals surface area (Å²) in [5.74, 6) is -0.520. The number of nitrogens with two attached hydrogens (primary N) is 1. The predicted molar refractivity (Wildman–Crippen MR) is 70.6 cm³/mol. The summed E-state index contributed by atoms with van der Waals surface area (Å²) >= 11 is 0. The molecule has 1 amide bonds. The number of hydrogen-bond acceptors (Lipinski definition) is 2. The molecule has 98 valence electrons. The normalized spacial score (nSPS) is 18.3. The van der Waals surface area contributed by atoms with E-state index in [1.807, 2.05) is 6.92 Å². The van der Waals surface area contributed by atoms with E-state index in [-0.39, 0.29) is 17.0 Å². The van der Waals surface area contributed by atoms with Crippen molar-refractivity contribution in [1.29, 1.82) is 0 Å². The van der Waals surface area contributed by atoms with Crippen molar-refractivity contribution in [1.82, 2.24) is 0 Å². The molecule has 1 aromatic rings. The van der Waals surface area contributed by atoms with Crippen LogP contribution in [-0.2, 0) is 4.79 Å². The van der Waals surface area contributed by atoms with Crippen LogP contribution in [-0.4, -0.2) is 5.91 Å². The van der Waals surface area contributed by atoms with Gasteiger partial charge >= 0.3 is 0 Å². The van der Waals surface area contributed by atoms with Crippen LogP contribution in [0.4, 0.5) is 15.8 Å². The highest BCUT2D eigenvalue weighted by Crippen LogP contribution is 2.36. The largest absolute Gasteiger partial charge is 0.396 e. The first-order valence-corrected chi connectivity index (χ1v) is 6.38. The highest BCUT2D eigenvalue weighted by Gasteiger charge is 2.34. The minimum atomic E-state index is -0.499. The van der Waals surface area contributed by atoms with E-state index >= 15 is 0 Å². The Bertz CT molecular complexity index is 453. The number of hydrogen-bond donors (Lipinski definition) is 2. The van der Waals surface area contributed by atoms with E-state index in [0.29, 0.717) is 5.69 Å². The molecule has 1 saturated carbocycles. The molecule has 0 bridgehead atoms. The molecule has 1 fully saturated rings. The Morgan fingerprint density at radius 2 is 2.00 bits per heavy atom. The maximum Gasteiger partial charge on any atom is 0.230 e. The van der Waals surface area contributed by atoms with E-state index in [1.165, 1.54) is 18.6 Å². The van der Waals surface area contributed by atoms with Crippen LogP contribution in [0.5, 0.6) is 0 Å². The third-order valence-corrected chi connectivity index (χ3v) is 3.76. The summed E-state index contributed by atoms with van der Waals surface area (Å²) < 4.78 is 13.3. The van der Waals surface area contributed by atoms with E-state index in [9.17, 15) is 9.18 Å². The van der Waals surface area contributed by atoms with Crippen molar-refractivity contribution in [3.8, 4) is 0 Å². The van der Waals surface area contributed by atoms with Gasteiger partial charge in [0.2, 0.25) is 5.91 Å². The van der Waals surface area contributed by atoms with E-state index in [1.54, 1.807) is 6.07 Å². The van der Waals surface area contributed by atoms with Gasteiger partial charge in [0.25, 0.3) is 0 Å². The van der Waals surface area contributed by atoms with Crippen molar-refractivity contribution in [3.05, 3.63) is 24.0 Å². The number of benzene rings is 1. The molecule has 1 aliphatic carbocycles. The number of halogens is 1. The molecular weight excluding hydrogens is 231 g/mol. The van der Waals surface area contributed by atoms with Crippen LogP contribution in [0.1, 0.15) is 39.0 Å². The number of anilines is 2. The Balaban J connectivity index is 2.08. The maximum absolute atomic E-state index is 13.3. The van der Waals surface area contributed by atoms with Crippen molar-refractivity contribution in [2.24, 2.45) is 5.41 Å². The zero-order valence-corrected chi connectivity index (χ0v) is 10.6. The molecule has 3 nitrogen and oxygen atoms in total. The molecule has 0 aromatic heterocycles. The lowest BCUT2D eigenvalue weighted by Crippen LogP contribution is -2.35. The Labute approximate surface area is 107 Å². The van der Waals surface area contributed by atoms with E-state index in [4.69, 9.17) is 5.73 Å². The van der Waals surface area contributed by atoms with Crippen LogP contribution in [0, 0.1) is 11.2 Å². The Morgan fingerprint density at radius 3 is 2.61 bits per heavy atom. The molecule has 0 saturated heterocycles. The standard InChI is InChI=1S/C14H19FN2O/c1-14(7-3-2-4-8-14)13(18)17-10-5-6-12(16)11(15)9-10/h5-6,9H,2-4,7-8,16H2,1H3,(H,17,18). The van der Waals surface area contributed by atoms with Crippen LogP contribution in [0.3, 0.4) is 0 Å². The molecule has 18 heavy (non-hydrogen) atoms. The average molecular weight is 250 g/mol. The molecule has 1 aromatic carbocycles. The molecule has 0 atom stereocenters. The van der Waals surface area contributed by atoms with Gasteiger partial charge in [0.05, 0.1) is 5.69 Å². The molecular formula is C14H19FN2O. The second-order valence-corrected chi connectivity index (χ2v) is 5.31. The second kappa shape index (κ2) is 4.96. The molecule has 0 unspecified atom stereocenters. The first-order valence-electron chi connectivity index (χ1n) is 6.38. The minimum absolute atomic E-state index is 0.0219. The van der Waals surface area contributed by atoms with Crippen molar-refractivity contribution >= 4 is 17.3 Å². The van der Waals surface area contributed by atoms with E-state index in [2.05, 4.69) is 5.32 Å². The van der Waals surface area contributed by atoms with Crippen LogP contribution in [0.25, 0.3) is 0 Å². The van der Waals surface area contributed by atoms with Gasteiger partial charge in [-0.1, -0.05) is 26.2 Å². The van der Waals surface area contributed by atoms with Gasteiger partial charge in [-0.15, -0.1) is 0 Å². The minimum Gasteiger partial charge on any atom is -0.396 e. The van der Waals surface area contributed by atoms with Crippen molar-refractivity contribution in [3.63, 3.8) is 0 Å². The average Bonchev–Trinajstić information content (AvgIpc) is 2.35. The zero-order valence-electron chi connectivity index (χ0n) is 10.6. The van der Waals surface area contributed by atoms with Crippen LogP contribution >= 0.6 is 0 Å². The van der Waals surface area contributed by atoms with Gasteiger partial charge in [-0.3, -0.25) is 4.79 Å². The smallest absolute Gasteiger partial charge is 0.230 e. The second-order valence-electron chi connectivity index (χ2n) is 5.31. The highest BCUT2D eigenvalue weighted by molar-refractivity contribution is 5.95. The third-order valence-electron chi connectivity index (χ3n) is 3.76. The first kappa shape index (κ1) is 12.9. The summed E-state index contributed by atoms with van der Waals surface area (Å²) in [6, 6.07) is 4.36. The third kappa shape index (κ3) is 2.63. The van der Waals surface area contributed by atoms with Crippen molar-refractivity contribution in [2.75, 3.05) is 11.1 Å². The van der Waals surface area contributed by atoms with E-state index in [0.717, 1.165) is 25.7 Å². The van der Waals surface area contributed by atoms with E-state index < -0.39 is 5.82 Å².